The Hall–Kier alpha value is -3.47. The standard InChI is InChI=1S/C20H19F3N6O2/c21-20(22,23)31-16-3-1-2-15(9-16)29-11-14(25-12-29)8-19(30)26-18-5-4-17(27-28-18)13-6-7-24-10-13/h1-5,9,11-13,24H,6-8,10H2,(H,26,28,30). The number of alkyl halides is 3. The van der Waals surface area contributed by atoms with Gasteiger partial charge < -0.3 is 19.9 Å². The summed E-state index contributed by atoms with van der Waals surface area (Å²) in [5.41, 5.74) is 1.75. The quantitative estimate of drug-likeness (QED) is 0.622. The second kappa shape index (κ2) is 8.72. The Morgan fingerprint density at radius 3 is 2.84 bits per heavy atom. The number of hydrogen-bond acceptors (Lipinski definition) is 6. The number of amides is 1. The van der Waals surface area contributed by atoms with Crippen LogP contribution in [-0.4, -0.2) is 45.1 Å². The maximum Gasteiger partial charge on any atom is 0.573 e. The van der Waals surface area contributed by atoms with Crippen LogP contribution in [0.2, 0.25) is 0 Å². The fourth-order valence-corrected chi connectivity index (χ4v) is 3.32. The number of imidazole rings is 1. The van der Waals surface area contributed by atoms with Crippen molar-refractivity contribution in [3.05, 3.63) is 60.3 Å². The van der Waals surface area contributed by atoms with Gasteiger partial charge in [-0.15, -0.1) is 18.3 Å². The summed E-state index contributed by atoms with van der Waals surface area (Å²) in [5, 5.41) is 14.2. The second-order valence-corrected chi connectivity index (χ2v) is 7.08. The number of benzene rings is 1. The Morgan fingerprint density at radius 1 is 1.26 bits per heavy atom. The van der Waals surface area contributed by atoms with Crippen molar-refractivity contribution in [2.24, 2.45) is 0 Å². The first-order valence-corrected chi connectivity index (χ1v) is 9.59. The van der Waals surface area contributed by atoms with Gasteiger partial charge in [0.15, 0.2) is 5.82 Å². The summed E-state index contributed by atoms with van der Waals surface area (Å²) in [6.07, 6.45) is -0.810. The Kier molecular flexibility index (Phi) is 5.85. The summed E-state index contributed by atoms with van der Waals surface area (Å²) in [6, 6.07) is 9.04. The highest BCUT2D eigenvalue weighted by atomic mass is 19.4. The fraction of sp³-hybridized carbons (Fsp3) is 0.300. The Bertz CT molecular complexity index is 1050. The van der Waals surface area contributed by atoms with Gasteiger partial charge in [0.2, 0.25) is 5.91 Å². The molecule has 1 amide bonds. The SMILES string of the molecule is O=C(Cc1cn(-c2cccc(OC(F)(F)F)c2)cn1)Nc1ccc(C2CCNC2)nn1. The first-order chi connectivity index (χ1) is 14.9. The highest BCUT2D eigenvalue weighted by Crippen LogP contribution is 2.25. The summed E-state index contributed by atoms with van der Waals surface area (Å²) >= 11 is 0. The topological polar surface area (TPSA) is 94.0 Å². The minimum atomic E-state index is -4.77. The molecule has 2 aromatic heterocycles. The average Bonchev–Trinajstić information content (AvgIpc) is 3.40. The van der Waals surface area contributed by atoms with Crippen LogP contribution in [-0.2, 0) is 11.2 Å². The molecule has 0 aliphatic carbocycles. The van der Waals surface area contributed by atoms with E-state index in [4.69, 9.17) is 0 Å². The number of anilines is 1. The lowest BCUT2D eigenvalue weighted by atomic mass is 10.1. The first-order valence-electron chi connectivity index (χ1n) is 9.59. The molecule has 4 rings (SSSR count). The molecule has 0 saturated carbocycles. The monoisotopic (exact) mass is 432 g/mol. The lowest BCUT2D eigenvalue weighted by Gasteiger charge is -2.10. The van der Waals surface area contributed by atoms with Crippen molar-refractivity contribution in [1.82, 2.24) is 25.1 Å². The van der Waals surface area contributed by atoms with Crippen LogP contribution in [0.15, 0.2) is 48.9 Å². The number of aromatic nitrogens is 4. The van der Waals surface area contributed by atoms with Crippen molar-refractivity contribution in [3.63, 3.8) is 0 Å². The molecule has 2 N–H and O–H groups in total. The number of nitrogens with zero attached hydrogens (tertiary/aromatic N) is 4. The van der Waals surface area contributed by atoms with E-state index in [1.807, 2.05) is 6.07 Å². The van der Waals surface area contributed by atoms with Crippen LogP contribution in [0.1, 0.15) is 23.7 Å². The maximum atomic E-state index is 12.4. The van der Waals surface area contributed by atoms with Gasteiger partial charge in [0.1, 0.15) is 5.75 Å². The average molecular weight is 432 g/mol. The summed E-state index contributed by atoms with van der Waals surface area (Å²) in [7, 11) is 0. The third kappa shape index (κ3) is 5.57. The van der Waals surface area contributed by atoms with Gasteiger partial charge >= 0.3 is 6.36 Å². The molecule has 0 radical (unpaired) electrons. The van der Waals surface area contributed by atoms with Crippen molar-refractivity contribution in [1.29, 1.82) is 0 Å². The van der Waals surface area contributed by atoms with Crippen molar-refractivity contribution in [2.75, 3.05) is 18.4 Å². The van der Waals surface area contributed by atoms with E-state index >= 15 is 0 Å². The van der Waals surface area contributed by atoms with Gasteiger partial charge in [0, 0.05) is 24.7 Å². The molecule has 1 fully saturated rings. The van der Waals surface area contributed by atoms with Crippen LogP contribution in [0.5, 0.6) is 5.75 Å². The Balaban J connectivity index is 1.36. The number of rotatable bonds is 6. The third-order valence-corrected chi connectivity index (χ3v) is 4.76. The molecule has 31 heavy (non-hydrogen) atoms. The normalized spacial score (nSPS) is 16.3. The van der Waals surface area contributed by atoms with Gasteiger partial charge in [-0.05, 0) is 37.2 Å². The number of hydrogen-bond donors (Lipinski definition) is 2. The molecule has 3 aromatic rings. The smallest absolute Gasteiger partial charge is 0.406 e. The molecular weight excluding hydrogens is 413 g/mol. The predicted molar refractivity (Wildman–Crippen MR) is 105 cm³/mol. The third-order valence-electron chi connectivity index (χ3n) is 4.76. The fourth-order valence-electron chi connectivity index (χ4n) is 3.32. The summed E-state index contributed by atoms with van der Waals surface area (Å²) < 4.78 is 42.7. The van der Waals surface area contributed by atoms with Crippen LogP contribution in [0, 0.1) is 0 Å². The Labute approximate surface area is 175 Å². The van der Waals surface area contributed by atoms with Gasteiger partial charge in [-0.25, -0.2) is 4.98 Å². The largest absolute Gasteiger partial charge is 0.573 e. The van der Waals surface area contributed by atoms with Crippen LogP contribution in [0.3, 0.4) is 0 Å². The van der Waals surface area contributed by atoms with E-state index in [0.717, 1.165) is 25.2 Å². The molecular formula is C20H19F3N6O2. The van der Waals surface area contributed by atoms with Crippen LogP contribution < -0.4 is 15.4 Å². The summed E-state index contributed by atoms with van der Waals surface area (Å²) in [4.78, 5) is 16.4. The number of carbonyl (C=O) groups is 1. The zero-order valence-corrected chi connectivity index (χ0v) is 16.3. The van der Waals surface area contributed by atoms with E-state index in [2.05, 4.69) is 30.6 Å². The van der Waals surface area contributed by atoms with Crippen molar-refractivity contribution in [3.8, 4) is 11.4 Å². The van der Waals surface area contributed by atoms with E-state index in [-0.39, 0.29) is 18.1 Å². The van der Waals surface area contributed by atoms with E-state index in [1.54, 1.807) is 18.3 Å². The number of carbonyl (C=O) groups excluding carboxylic acids is 1. The predicted octanol–water partition coefficient (Wildman–Crippen LogP) is 2.82. The van der Waals surface area contributed by atoms with Gasteiger partial charge in [-0.2, -0.15) is 5.10 Å². The van der Waals surface area contributed by atoms with E-state index in [0.29, 0.717) is 23.1 Å². The van der Waals surface area contributed by atoms with E-state index < -0.39 is 6.36 Å². The minimum Gasteiger partial charge on any atom is -0.406 e. The molecule has 1 aliphatic rings. The maximum absolute atomic E-state index is 12.4. The first kappa shape index (κ1) is 20.8. The highest BCUT2D eigenvalue weighted by Gasteiger charge is 2.31. The molecule has 0 bridgehead atoms. The molecule has 162 valence electrons. The zero-order chi connectivity index (χ0) is 21.8. The lowest BCUT2D eigenvalue weighted by molar-refractivity contribution is -0.274. The highest BCUT2D eigenvalue weighted by molar-refractivity contribution is 5.91. The number of nitrogens with one attached hydrogen (secondary N) is 2. The molecule has 11 heteroatoms. The molecule has 3 heterocycles. The second-order valence-electron chi connectivity index (χ2n) is 7.08. The molecule has 8 nitrogen and oxygen atoms in total. The number of halogens is 3. The molecule has 1 aliphatic heterocycles. The van der Waals surface area contributed by atoms with Gasteiger partial charge in [-0.1, -0.05) is 6.07 Å². The molecule has 1 unspecified atom stereocenters. The van der Waals surface area contributed by atoms with Crippen LogP contribution >= 0.6 is 0 Å². The van der Waals surface area contributed by atoms with Crippen molar-refractivity contribution < 1.29 is 22.7 Å². The van der Waals surface area contributed by atoms with Crippen molar-refractivity contribution in [2.45, 2.75) is 25.1 Å². The number of ether oxygens (including phenoxy) is 1. The molecule has 0 spiro atoms. The van der Waals surface area contributed by atoms with Crippen molar-refractivity contribution >= 4 is 11.7 Å². The summed E-state index contributed by atoms with van der Waals surface area (Å²) in [5.74, 6) is 0.00905. The lowest BCUT2D eigenvalue weighted by Crippen LogP contribution is -2.17. The molecule has 1 aromatic carbocycles. The van der Waals surface area contributed by atoms with Crippen LogP contribution in [0.4, 0.5) is 19.0 Å². The van der Waals surface area contributed by atoms with E-state index in [1.165, 1.54) is 29.1 Å². The molecule has 1 atom stereocenters. The Morgan fingerprint density at radius 2 is 2.13 bits per heavy atom. The van der Waals surface area contributed by atoms with Crippen LogP contribution in [0.25, 0.3) is 5.69 Å². The van der Waals surface area contributed by atoms with E-state index in [9.17, 15) is 18.0 Å². The minimum absolute atomic E-state index is 0.0261. The zero-order valence-electron chi connectivity index (χ0n) is 16.3. The van der Waals surface area contributed by atoms with Gasteiger partial charge in [0.05, 0.1) is 29.8 Å². The summed E-state index contributed by atoms with van der Waals surface area (Å²) in [6.45, 7) is 1.82. The van der Waals surface area contributed by atoms with Gasteiger partial charge in [-0.3, -0.25) is 4.79 Å². The molecule has 1 saturated heterocycles. The van der Waals surface area contributed by atoms with Gasteiger partial charge in [0.25, 0.3) is 0 Å².